The van der Waals surface area contributed by atoms with E-state index >= 15 is 0 Å². The van der Waals surface area contributed by atoms with Crippen molar-refractivity contribution in [2.75, 3.05) is 19.7 Å². The number of rotatable bonds is 4. The summed E-state index contributed by atoms with van der Waals surface area (Å²) in [4.78, 5) is 15.1. The first kappa shape index (κ1) is 16.8. The Bertz CT molecular complexity index is 617. The van der Waals surface area contributed by atoms with E-state index in [1.54, 1.807) is 0 Å². The normalized spacial score (nSPS) is 29.1. The lowest BCUT2D eigenvalue weighted by molar-refractivity contribution is 0.178. The highest BCUT2D eigenvalue weighted by Crippen LogP contribution is 2.30. The van der Waals surface area contributed by atoms with Crippen molar-refractivity contribution in [2.45, 2.75) is 69.6 Å². The third kappa shape index (κ3) is 3.40. The van der Waals surface area contributed by atoms with Crippen LogP contribution in [0.15, 0.2) is 6.20 Å². The zero-order chi connectivity index (χ0) is 17.2. The van der Waals surface area contributed by atoms with Crippen LogP contribution in [-0.2, 0) is 13.0 Å². The lowest BCUT2D eigenvalue weighted by Gasteiger charge is -2.33. The minimum absolute atomic E-state index is 0.0278. The number of aliphatic hydroxyl groups is 1. The van der Waals surface area contributed by atoms with E-state index in [9.17, 15) is 4.79 Å². The summed E-state index contributed by atoms with van der Waals surface area (Å²) in [7, 11) is 0. The number of aliphatic hydroxyl groups excluding tert-OH is 1. The molecule has 1 aliphatic carbocycles. The van der Waals surface area contributed by atoms with E-state index in [0.29, 0.717) is 12.6 Å². The highest BCUT2D eigenvalue weighted by atomic mass is 16.3. The molecule has 2 amide bonds. The largest absolute Gasteiger partial charge is 0.394 e. The van der Waals surface area contributed by atoms with Gasteiger partial charge in [-0.3, -0.25) is 9.58 Å². The highest BCUT2D eigenvalue weighted by Gasteiger charge is 2.36. The molecule has 2 saturated heterocycles. The SMILES string of the molecule is O=C(N[C@H]1CCN2CCCC[C@H]12)N[C@@H]1CCCc2c1cnn2CCO. The molecule has 3 aliphatic rings. The Morgan fingerprint density at radius 3 is 3.00 bits per heavy atom. The molecule has 0 unspecified atom stereocenters. The molecule has 3 heterocycles. The smallest absolute Gasteiger partial charge is 0.315 e. The standard InChI is InChI=1S/C18H29N5O2/c24-11-10-23-16-6-3-4-14(13(16)12-19-23)20-18(25)21-15-7-9-22-8-2-1-5-17(15)22/h12,14-15,17,24H,1-11H2,(H2,20,21,25)/t14-,15+,17-/m1/s1. The molecule has 0 radical (unpaired) electrons. The number of carbonyl (C=O) groups is 1. The van der Waals surface area contributed by atoms with E-state index in [4.69, 9.17) is 5.11 Å². The summed E-state index contributed by atoms with van der Waals surface area (Å²) >= 11 is 0. The molecule has 138 valence electrons. The molecule has 25 heavy (non-hydrogen) atoms. The van der Waals surface area contributed by atoms with Crippen LogP contribution in [0.1, 0.15) is 55.8 Å². The molecule has 7 nitrogen and oxygen atoms in total. The Morgan fingerprint density at radius 1 is 1.20 bits per heavy atom. The molecule has 2 aliphatic heterocycles. The number of aromatic nitrogens is 2. The highest BCUT2D eigenvalue weighted by molar-refractivity contribution is 5.75. The van der Waals surface area contributed by atoms with Gasteiger partial charge in [0.15, 0.2) is 0 Å². The second kappa shape index (κ2) is 7.33. The van der Waals surface area contributed by atoms with Gasteiger partial charge in [0.2, 0.25) is 0 Å². The van der Waals surface area contributed by atoms with Crippen LogP contribution in [0, 0.1) is 0 Å². The van der Waals surface area contributed by atoms with Gasteiger partial charge in [0.1, 0.15) is 0 Å². The fourth-order valence-electron chi connectivity index (χ4n) is 4.84. The molecule has 0 aromatic carbocycles. The number of amides is 2. The summed E-state index contributed by atoms with van der Waals surface area (Å²) in [5.41, 5.74) is 2.27. The van der Waals surface area contributed by atoms with Crippen LogP contribution in [0.3, 0.4) is 0 Å². The van der Waals surface area contributed by atoms with Crippen LogP contribution in [0.25, 0.3) is 0 Å². The quantitative estimate of drug-likeness (QED) is 0.764. The van der Waals surface area contributed by atoms with E-state index in [1.165, 1.54) is 25.8 Å². The van der Waals surface area contributed by atoms with Crippen LogP contribution in [0.4, 0.5) is 4.79 Å². The minimum Gasteiger partial charge on any atom is -0.394 e. The Labute approximate surface area is 148 Å². The lowest BCUT2D eigenvalue weighted by atomic mass is 9.93. The van der Waals surface area contributed by atoms with Gasteiger partial charge in [-0.05, 0) is 45.1 Å². The summed E-state index contributed by atoms with van der Waals surface area (Å²) in [6.45, 7) is 2.90. The van der Waals surface area contributed by atoms with Crippen molar-refractivity contribution >= 4 is 6.03 Å². The molecule has 3 atom stereocenters. The van der Waals surface area contributed by atoms with Crippen LogP contribution in [0.5, 0.6) is 0 Å². The van der Waals surface area contributed by atoms with Gasteiger partial charge >= 0.3 is 6.03 Å². The van der Waals surface area contributed by atoms with Crippen molar-refractivity contribution in [3.8, 4) is 0 Å². The van der Waals surface area contributed by atoms with Crippen molar-refractivity contribution in [2.24, 2.45) is 0 Å². The molecule has 7 heteroatoms. The summed E-state index contributed by atoms with van der Waals surface area (Å²) < 4.78 is 1.87. The number of hydrogen-bond acceptors (Lipinski definition) is 4. The Kier molecular flexibility index (Phi) is 4.94. The topological polar surface area (TPSA) is 82.4 Å². The molecule has 1 aromatic heterocycles. The Balaban J connectivity index is 1.37. The lowest BCUT2D eigenvalue weighted by Crippen LogP contribution is -2.50. The average Bonchev–Trinajstić information content (AvgIpc) is 3.21. The van der Waals surface area contributed by atoms with Gasteiger partial charge in [-0.2, -0.15) is 5.10 Å². The van der Waals surface area contributed by atoms with E-state index in [-0.39, 0.29) is 24.7 Å². The van der Waals surface area contributed by atoms with Crippen molar-refractivity contribution in [3.63, 3.8) is 0 Å². The molecule has 1 aromatic rings. The second-order valence-electron chi connectivity index (χ2n) is 7.55. The predicted molar refractivity (Wildman–Crippen MR) is 94.3 cm³/mol. The minimum atomic E-state index is -0.0508. The van der Waals surface area contributed by atoms with Crippen molar-refractivity contribution in [1.29, 1.82) is 0 Å². The molecule has 2 fully saturated rings. The maximum Gasteiger partial charge on any atom is 0.315 e. The van der Waals surface area contributed by atoms with Crippen LogP contribution >= 0.6 is 0 Å². The summed E-state index contributed by atoms with van der Waals surface area (Å²) in [6.07, 6.45) is 9.63. The number of fused-ring (bicyclic) bond motifs is 2. The zero-order valence-electron chi connectivity index (χ0n) is 14.8. The monoisotopic (exact) mass is 347 g/mol. The molecule has 4 rings (SSSR count). The van der Waals surface area contributed by atoms with Crippen LogP contribution in [-0.4, -0.2) is 57.6 Å². The van der Waals surface area contributed by atoms with E-state index < -0.39 is 0 Å². The molecule has 0 saturated carbocycles. The first-order chi connectivity index (χ1) is 12.3. The van der Waals surface area contributed by atoms with Crippen LogP contribution in [0.2, 0.25) is 0 Å². The third-order valence-electron chi connectivity index (χ3n) is 6.05. The van der Waals surface area contributed by atoms with Crippen LogP contribution < -0.4 is 10.6 Å². The number of piperidine rings is 1. The van der Waals surface area contributed by atoms with Gasteiger partial charge in [0.05, 0.1) is 25.4 Å². The summed E-state index contributed by atoms with van der Waals surface area (Å²) in [5.74, 6) is 0. The molecular formula is C18H29N5O2. The van der Waals surface area contributed by atoms with E-state index in [0.717, 1.165) is 43.5 Å². The van der Waals surface area contributed by atoms with Gasteiger partial charge in [0.25, 0.3) is 0 Å². The van der Waals surface area contributed by atoms with Gasteiger partial charge in [0, 0.05) is 29.9 Å². The number of urea groups is 1. The molecular weight excluding hydrogens is 318 g/mol. The molecule has 0 spiro atoms. The van der Waals surface area contributed by atoms with E-state index in [2.05, 4.69) is 20.6 Å². The van der Waals surface area contributed by atoms with Gasteiger partial charge in [-0.1, -0.05) is 6.42 Å². The number of nitrogens with one attached hydrogen (secondary N) is 2. The maximum atomic E-state index is 12.6. The van der Waals surface area contributed by atoms with Crippen molar-refractivity contribution in [1.82, 2.24) is 25.3 Å². The first-order valence-electron chi connectivity index (χ1n) is 9.73. The van der Waals surface area contributed by atoms with Gasteiger partial charge < -0.3 is 15.7 Å². The van der Waals surface area contributed by atoms with Gasteiger partial charge in [-0.15, -0.1) is 0 Å². The Hall–Kier alpha value is -1.60. The average molecular weight is 347 g/mol. The second-order valence-corrected chi connectivity index (χ2v) is 7.55. The maximum absolute atomic E-state index is 12.6. The zero-order valence-corrected chi connectivity index (χ0v) is 14.8. The van der Waals surface area contributed by atoms with Crippen molar-refractivity contribution < 1.29 is 9.90 Å². The fraction of sp³-hybridized carbons (Fsp3) is 0.778. The fourth-order valence-corrected chi connectivity index (χ4v) is 4.84. The summed E-state index contributed by atoms with van der Waals surface area (Å²) in [6, 6.07) is 0.777. The van der Waals surface area contributed by atoms with Gasteiger partial charge in [-0.25, -0.2) is 4.79 Å². The number of carbonyl (C=O) groups excluding carboxylic acids is 1. The molecule has 0 bridgehead atoms. The van der Waals surface area contributed by atoms with E-state index in [1.807, 2.05) is 10.9 Å². The Morgan fingerprint density at radius 2 is 2.12 bits per heavy atom. The summed E-state index contributed by atoms with van der Waals surface area (Å²) in [5, 5.41) is 19.9. The third-order valence-corrected chi connectivity index (χ3v) is 6.05. The molecule has 3 N–H and O–H groups in total. The first-order valence-corrected chi connectivity index (χ1v) is 9.73. The van der Waals surface area contributed by atoms with Crippen molar-refractivity contribution in [3.05, 3.63) is 17.5 Å². The number of hydrogen-bond donors (Lipinski definition) is 3. The predicted octanol–water partition coefficient (Wildman–Crippen LogP) is 1.18. The number of nitrogens with zero attached hydrogens (tertiary/aromatic N) is 3.